The van der Waals surface area contributed by atoms with E-state index in [9.17, 15) is 14.0 Å². The maximum atomic E-state index is 13.8. The average Bonchev–Trinajstić information content (AvgIpc) is 2.61. The molecule has 0 aromatic heterocycles. The molecule has 0 bridgehead atoms. The van der Waals surface area contributed by atoms with Crippen LogP contribution in [-0.4, -0.2) is 60.9 Å². The Morgan fingerprint density at radius 1 is 1.28 bits per heavy atom. The number of nitrogens with zero attached hydrogens (tertiary/aromatic N) is 1. The van der Waals surface area contributed by atoms with E-state index in [2.05, 4.69) is 0 Å². The first-order valence-electron chi connectivity index (χ1n) is 8.48. The van der Waals surface area contributed by atoms with Crippen molar-refractivity contribution in [3.05, 3.63) is 35.6 Å². The van der Waals surface area contributed by atoms with E-state index in [0.717, 1.165) is 0 Å². The van der Waals surface area contributed by atoms with Gasteiger partial charge in [0.05, 0.1) is 24.5 Å². The molecule has 0 spiro atoms. The lowest BCUT2D eigenvalue weighted by Crippen LogP contribution is -2.55. The normalized spacial score (nSPS) is 23.2. The van der Waals surface area contributed by atoms with Crippen LogP contribution >= 0.6 is 0 Å². The van der Waals surface area contributed by atoms with Gasteiger partial charge < -0.3 is 19.5 Å². The minimum absolute atomic E-state index is 0.0971. The number of hydrogen-bond donors (Lipinski definition) is 1. The Hall–Kier alpha value is -1.99. The van der Waals surface area contributed by atoms with Gasteiger partial charge in [0.25, 0.3) is 0 Å². The van der Waals surface area contributed by atoms with Gasteiger partial charge in [-0.25, -0.2) is 4.39 Å². The first-order chi connectivity index (χ1) is 12.0. The molecule has 1 atom stereocenters. The van der Waals surface area contributed by atoms with E-state index in [1.807, 2.05) is 0 Å². The second-order valence-electron chi connectivity index (χ2n) is 6.55. The van der Waals surface area contributed by atoms with E-state index in [1.54, 1.807) is 17.0 Å². The van der Waals surface area contributed by atoms with Crippen LogP contribution < -0.4 is 0 Å². The van der Waals surface area contributed by atoms with Gasteiger partial charge in [-0.3, -0.25) is 9.59 Å². The Balaban J connectivity index is 1.86. The predicted molar refractivity (Wildman–Crippen MR) is 86.7 cm³/mol. The highest BCUT2D eigenvalue weighted by atomic mass is 19.1. The molecule has 1 aromatic rings. The molecule has 3 rings (SSSR count). The van der Waals surface area contributed by atoms with E-state index in [1.165, 1.54) is 12.1 Å². The first kappa shape index (κ1) is 17.8. The van der Waals surface area contributed by atoms with Crippen LogP contribution in [0.4, 0.5) is 4.39 Å². The number of carbonyl (C=O) groups is 2. The first-order valence-corrected chi connectivity index (χ1v) is 8.48. The van der Waals surface area contributed by atoms with Crippen molar-refractivity contribution in [1.82, 2.24) is 4.90 Å². The fraction of sp³-hybridized carbons (Fsp3) is 0.556. The molecule has 2 aliphatic heterocycles. The number of carboxylic acid groups (broad SMARTS) is 1. The van der Waals surface area contributed by atoms with Crippen molar-refractivity contribution in [1.29, 1.82) is 0 Å². The van der Waals surface area contributed by atoms with Crippen LogP contribution in [-0.2, 0) is 24.5 Å². The Labute approximate surface area is 145 Å². The lowest BCUT2D eigenvalue weighted by atomic mass is 9.72. The topological polar surface area (TPSA) is 76.1 Å². The van der Waals surface area contributed by atoms with Gasteiger partial charge in [0.15, 0.2) is 0 Å². The summed E-state index contributed by atoms with van der Waals surface area (Å²) in [5.41, 5.74) is -0.173. The molecule has 2 heterocycles. The lowest BCUT2D eigenvalue weighted by Gasteiger charge is -2.42. The van der Waals surface area contributed by atoms with Gasteiger partial charge in [-0.05, 0) is 30.5 Å². The monoisotopic (exact) mass is 351 g/mol. The second-order valence-corrected chi connectivity index (χ2v) is 6.55. The molecule has 1 amide bonds. The van der Waals surface area contributed by atoms with Gasteiger partial charge in [-0.2, -0.15) is 0 Å². The van der Waals surface area contributed by atoms with E-state index in [4.69, 9.17) is 14.6 Å². The molecule has 0 saturated carbocycles. The Bertz CT molecular complexity index is 644. The van der Waals surface area contributed by atoms with E-state index < -0.39 is 17.5 Å². The lowest BCUT2D eigenvalue weighted by molar-refractivity contribution is -0.153. The number of halogens is 1. The highest BCUT2D eigenvalue weighted by Gasteiger charge is 2.45. The van der Waals surface area contributed by atoms with Gasteiger partial charge in [0.1, 0.15) is 5.82 Å². The number of carbonyl (C=O) groups excluding carboxylic acids is 1. The van der Waals surface area contributed by atoms with E-state index in [0.29, 0.717) is 44.8 Å². The van der Waals surface area contributed by atoms with E-state index >= 15 is 0 Å². The summed E-state index contributed by atoms with van der Waals surface area (Å²) in [6.45, 7) is 1.83. The number of aliphatic carboxylic acids is 1. The second kappa shape index (κ2) is 7.49. The highest BCUT2D eigenvalue weighted by Crippen LogP contribution is 2.37. The standard InChI is InChI=1S/C18H22FNO5/c19-14-3-1-2-13(10-14)18(4-7-24-8-5-18)17(23)20-6-9-25-15(12-20)11-16(21)22/h1-3,10,15H,4-9,11-12H2,(H,21,22)/t15-/m0/s1. The maximum Gasteiger partial charge on any atom is 0.306 e. The van der Waals surface area contributed by atoms with Gasteiger partial charge >= 0.3 is 5.97 Å². The predicted octanol–water partition coefficient (Wildman–Crippen LogP) is 1.58. The fourth-order valence-corrected chi connectivity index (χ4v) is 3.66. The van der Waals surface area contributed by atoms with Crippen LogP contribution in [0.2, 0.25) is 0 Å². The number of carboxylic acids is 1. The van der Waals surface area contributed by atoms with Crippen LogP contribution in [0.25, 0.3) is 0 Å². The van der Waals surface area contributed by atoms with Gasteiger partial charge in [0.2, 0.25) is 5.91 Å². The van der Waals surface area contributed by atoms with Crippen LogP contribution in [0.3, 0.4) is 0 Å². The molecule has 25 heavy (non-hydrogen) atoms. The third-order valence-corrected chi connectivity index (χ3v) is 4.96. The molecule has 0 radical (unpaired) electrons. The minimum atomic E-state index is -0.954. The summed E-state index contributed by atoms with van der Waals surface area (Å²) in [4.78, 5) is 25.9. The Morgan fingerprint density at radius 3 is 2.72 bits per heavy atom. The molecule has 2 aliphatic rings. The maximum absolute atomic E-state index is 13.8. The van der Waals surface area contributed by atoms with Gasteiger partial charge in [-0.1, -0.05) is 12.1 Å². The Kier molecular flexibility index (Phi) is 5.34. The van der Waals surface area contributed by atoms with E-state index in [-0.39, 0.29) is 24.7 Å². The number of amides is 1. The van der Waals surface area contributed by atoms with Crippen LogP contribution in [0, 0.1) is 5.82 Å². The molecule has 0 unspecified atom stereocenters. The number of hydrogen-bond acceptors (Lipinski definition) is 4. The number of benzene rings is 1. The molecule has 2 fully saturated rings. The zero-order valence-electron chi connectivity index (χ0n) is 13.9. The number of rotatable bonds is 4. The fourth-order valence-electron chi connectivity index (χ4n) is 3.66. The van der Waals surface area contributed by atoms with Crippen molar-refractivity contribution in [3.63, 3.8) is 0 Å². The third kappa shape index (κ3) is 3.82. The summed E-state index contributed by atoms with van der Waals surface area (Å²) in [7, 11) is 0. The SMILES string of the molecule is O=C(O)C[C@H]1CN(C(=O)C2(c3cccc(F)c3)CCOCC2)CCO1. The third-order valence-electron chi connectivity index (χ3n) is 4.96. The zero-order chi connectivity index (χ0) is 17.9. The van der Waals surface area contributed by atoms with Crippen LogP contribution in [0.1, 0.15) is 24.8 Å². The summed E-state index contributed by atoms with van der Waals surface area (Å²) >= 11 is 0. The average molecular weight is 351 g/mol. The van der Waals surface area contributed by atoms with Gasteiger partial charge in [0, 0.05) is 26.3 Å². The quantitative estimate of drug-likeness (QED) is 0.891. The summed E-state index contributed by atoms with van der Waals surface area (Å²) in [6.07, 6.45) is 0.311. The van der Waals surface area contributed by atoms with Crippen molar-refractivity contribution < 1.29 is 28.6 Å². The smallest absolute Gasteiger partial charge is 0.306 e. The zero-order valence-corrected chi connectivity index (χ0v) is 13.9. The van der Waals surface area contributed by atoms with Crippen molar-refractivity contribution in [3.8, 4) is 0 Å². The molecule has 2 saturated heterocycles. The summed E-state index contributed by atoms with van der Waals surface area (Å²) in [5, 5.41) is 8.96. The molecular weight excluding hydrogens is 329 g/mol. The molecule has 0 aliphatic carbocycles. The molecule has 1 aromatic carbocycles. The molecule has 136 valence electrons. The molecular formula is C18H22FNO5. The van der Waals surface area contributed by atoms with Crippen LogP contribution in [0.15, 0.2) is 24.3 Å². The molecule has 7 heteroatoms. The largest absolute Gasteiger partial charge is 0.481 e. The number of morpholine rings is 1. The summed E-state index contributed by atoms with van der Waals surface area (Å²) in [5.74, 6) is -1.42. The summed E-state index contributed by atoms with van der Waals surface area (Å²) in [6, 6.07) is 6.17. The van der Waals surface area contributed by atoms with Crippen molar-refractivity contribution in [2.75, 3.05) is 32.9 Å². The highest BCUT2D eigenvalue weighted by molar-refractivity contribution is 5.88. The summed E-state index contributed by atoms with van der Waals surface area (Å²) < 4.78 is 24.6. The van der Waals surface area contributed by atoms with Crippen LogP contribution in [0.5, 0.6) is 0 Å². The van der Waals surface area contributed by atoms with Crippen molar-refractivity contribution in [2.24, 2.45) is 0 Å². The van der Waals surface area contributed by atoms with Gasteiger partial charge in [-0.15, -0.1) is 0 Å². The van der Waals surface area contributed by atoms with Crippen molar-refractivity contribution >= 4 is 11.9 Å². The minimum Gasteiger partial charge on any atom is -0.481 e. The molecule has 6 nitrogen and oxygen atoms in total. The molecule has 1 N–H and O–H groups in total. The Morgan fingerprint density at radius 2 is 2.04 bits per heavy atom. The number of ether oxygens (including phenoxy) is 2. The van der Waals surface area contributed by atoms with Crippen molar-refractivity contribution in [2.45, 2.75) is 30.8 Å².